The van der Waals surface area contributed by atoms with Crippen LogP contribution in [-0.2, 0) is 29.1 Å². The largest absolute Gasteiger partial charge is 0.497 e. The second kappa shape index (κ2) is 10.3. The summed E-state index contributed by atoms with van der Waals surface area (Å²) in [7, 11) is 1.56. The fraction of sp³-hybridized carbons (Fsp3) is 0.455. The van der Waals surface area contributed by atoms with Crippen LogP contribution in [0.5, 0.6) is 5.75 Å². The van der Waals surface area contributed by atoms with Gasteiger partial charge in [-0.1, -0.05) is 12.1 Å². The first-order chi connectivity index (χ1) is 14.5. The Balaban J connectivity index is 0.00000363. The van der Waals surface area contributed by atoms with Crippen LogP contribution in [0.3, 0.4) is 0 Å². The summed E-state index contributed by atoms with van der Waals surface area (Å²) in [6.07, 6.45) is -8.30. The van der Waals surface area contributed by atoms with Gasteiger partial charge < -0.3 is 14.8 Å². The number of hydrogen-bond donors (Lipinski definition) is 1. The third kappa shape index (κ3) is 6.30. The second-order valence-corrected chi connectivity index (χ2v) is 7.67. The normalized spacial score (nSPS) is 16.3. The summed E-state index contributed by atoms with van der Waals surface area (Å²) in [5.41, 5.74) is -2.23. The highest BCUT2D eigenvalue weighted by atomic mass is 35.5. The molecule has 1 fully saturated rings. The average Bonchev–Trinajstić information content (AvgIpc) is 2.73. The molecular formula is C22H24ClF6NO2. The Morgan fingerprint density at radius 1 is 0.875 bits per heavy atom. The van der Waals surface area contributed by atoms with E-state index in [0.29, 0.717) is 17.9 Å². The smallest absolute Gasteiger partial charge is 0.416 e. The van der Waals surface area contributed by atoms with Gasteiger partial charge >= 0.3 is 12.4 Å². The van der Waals surface area contributed by atoms with Crippen molar-refractivity contribution in [2.45, 2.75) is 37.2 Å². The molecule has 2 aromatic rings. The highest BCUT2D eigenvalue weighted by molar-refractivity contribution is 5.85. The van der Waals surface area contributed by atoms with E-state index < -0.39 is 23.5 Å². The highest BCUT2D eigenvalue weighted by Gasteiger charge is 2.37. The number of hydrogen-bond acceptors (Lipinski definition) is 3. The molecule has 1 aliphatic heterocycles. The van der Waals surface area contributed by atoms with Crippen molar-refractivity contribution in [1.29, 1.82) is 0 Å². The maximum atomic E-state index is 13.1. The van der Waals surface area contributed by atoms with E-state index in [1.165, 1.54) is 0 Å². The fourth-order valence-electron chi connectivity index (χ4n) is 3.83. The van der Waals surface area contributed by atoms with Crippen LogP contribution < -0.4 is 10.1 Å². The molecule has 1 heterocycles. The molecule has 0 spiro atoms. The van der Waals surface area contributed by atoms with Crippen LogP contribution in [-0.4, -0.2) is 26.8 Å². The van der Waals surface area contributed by atoms with Crippen molar-refractivity contribution in [3.05, 3.63) is 64.7 Å². The van der Waals surface area contributed by atoms with Crippen molar-refractivity contribution < 1.29 is 35.8 Å². The number of ether oxygens (including phenoxy) is 2. The number of benzene rings is 2. The lowest BCUT2D eigenvalue weighted by atomic mass is 9.74. The summed E-state index contributed by atoms with van der Waals surface area (Å²) in [5.74, 6) is 0.692. The van der Waals surface area contributed by atoms with Gasteiger partial charge in [0.2, 0.25) is 0 Å². The summed E-state index contributed by atoms with van der Waals surface area (Å²) >= 11 is 0. The lowest BCUT2D eigenvalue weighted by Gasteiger charge is -2.38. The number of halogens is 7. The Hall–Kier alpha value is -1.97. The van der Waals surface area contributed by atoms with Crippen LogP contribution >= 0.6 is 12.4 Å². The molecule has 0 unspecified atom stereocenters. The molecule has 178 valence electrons. The van der Waals surface area contributed by atoms with E-state index >= 15 is 0 Å². The highest BCUT2D eigenvalue weighted by Crippen LogP contribution is 2.38. The zero-order chi connectivity index (χ0) is 22.7. The van der Waals surface area contributed by atoms with Gasteiger partial charge in [-0.15, -0.1) is 12.4 Å². The maximum Gasteiger partial charge on any atom is 0.416 e. The minimum atomic E-state index is -4.88. The first-order valence-corrected chi connectivity index (χ1v) is 9.75. The predicted octanol–water partition coefficient (Wildman–Crippen LogP) is 5.99. The molecule has 3 rings (SSSR count). The molecule has 32 heavy (non-hydrogen) atoms. The van der Waals surface area contributed by atoms with Gasteiger partial charge in [0, 0.05) is 5.41 Å². The molecule has 3 nitrogen and oxygen atoms in total. The van der Waals surface area contributed by atoms with E-state index in [9.17, 15) is 26.3 Å². The molecule has 0 aliphatic carbocycles. The number of methoxy groups -OCH3 is 1. The third-order valence-corrected chi connectivity index (χ3v) is 5.56. The average molecular weight is 484 g/mol. The zero-order valence-electron chi connectivity index (χ0n) is 17.3. The molecule has 0 radical (unpaired) electrons. The van der Waals surface area contributed by atoms with Gasteiger partial charge in [0.1, 0.15) is 5.75 Å². The lowest BCUT2D eigenvalue weighted by Crippen LogP contribution is -2.43. The summed E-state index contributed by atoms with van der Waals surface area (Å²) in [6.45, 7) is 1.30. The van der Waals surface area contributed by atoms with E-state index in [4.69, 9.17) is 9.47 Å². The van der Waals surface area contributed by atoms with Gasteiger partial charge in [0.15, 0.2) is 0 Å². The van der Waals surface area contributed by atoms with Crippen molar-refractivity contribution in [1.82, 2.24) is 5.32 Å². The Kier molecular flexibility index (Phi) is 8.47. The van der Waals surface area contributed by atoms with Crippen LogP contribution in [0, 0.1) is 0 Å². The van der Waals surface area contributed by atoms with Gasteiger partial charge in [0.05, 0.1) is 31.5 Å². The van der Waals surface area contributed by atoms with Crippen molar-refractivity contribution >= 4 is 12.4 Å². The van der Waals surface area contributed by atoms with Crippen LogP contribution in [0.2, 0.25) is 0 Å². The molecule has 1 saturated heterocycles. The lowest BCUT2D eigenvalue weighted by molar-refractivity contribution is -0.143. The zero-order valence-corrected chi connectivity index (χ0v) is 18.1. The summed E-state index contributed by atoms with van der Waals surface area (Å²) < 4.78 is 89.3. The topological polar surface area (TPSA) is 30.5 Å². The van der Waals surface area contributed by atoms with Gasteiger partial charge in [-0.05, 0) is 67.4 Å². The first-order valence-electron chi connectivity index (χ1n) is 9.75. The molecule has 0 bridgehead atoms. The van der Waals surface area contributed by atoms with Crippen molar-refractivity contribution in [2.75, 3.05) is 26.8 Å². The van der Waals surface area contributed by atoms with E-state index in [0.717, 1.165) is 31.5 Å². The summed E-state index contributed by atoms with van der Waals surface area (Å²) in [4.78, 5) is 0. The Labute approximate surface area is 188 Å². The molecular weight excluding hydrogens is 460 g/mol. The molecule has 0 atom stereocenters. The maximum absolute atomic E-state index is 13.1. The molecule has 0 amide bonds. The minimum absolute atomic E-state index is 0. The van der Waals surface area contributed by atoms with E-state index in [1.807, 2.05) is 24.3 Å². The van der Waals surface area contributed by atoms with Gasteiger partial charge in [-0.25, -0.2) is 0 Å². The Bertz CT molecular complexity index is 845. The van der Waals surface area contributed by atoms with Gasteiger partial charge in [0.25, 0.3) is 0 Å². The third-order valence-electron chi connectivity index (χ3n) is 5.56. The van der Waals surface area contributed by atoms with Crippen LogP contribution in [0.25, 0.3) is 0 Å². The number of nitrogens with one attached hydrogen (secondary N) is 1. The number of piperidine rings is 1. The SMILES string of the molecule is COc1ccc(C2(COCc3cc(C(F)(F)F)cc(C(F)(F)F)c3)CCNCC2)cc1.Cl. The fourth-order valence-corrected chi connectivity index (χ4v) is 3.83. The van der Waals surface area contributed by atoms with Crippen LogP contribution in [0.4, 0.5) is 26.3 Å². The van der Waals surface area contributed by atoms with Crippen molar-refractivity contribution in [3.63, 3.8) is 0 Å². The first kappa shape index (κ1) is 26.3. The van der Waals surface area contributed by atoms with Gasteiger partial charge in [-0.3, -0.25) is 0 Å². The van der Waals surface area contributed by atoms with E-state index in [2.05, 4.69) is 5.32 Å². The van der Waals surface area contributed by atoms with Crippen LogP contribution in [0.15, 0.2) is 42.5 Å². The minimum Gasteiger partial charge on any atom is -0.497 e. The molecule has 0 saturated carbocycles. The van der Waals surface area contributed by atoms with Crippen LogP contribution in [0.1, 0.15) is 35.1 Å². The standard InChI is InChI=1S/C22H23F6NO2.ClH/c1-30-19-4-2-16(3-5-19)20(6-8-29-9-7-20)14-31-13-15-10-17(21(23,24)25)12-18(11-15)22(26,27)28;/h2-5,10-12,29H,6-9,13-14H2,1H3;1H. The van der Waals surface area contributed by atoms with E-state index in [-0.39, 0.29) is 42.7 Å². The number of alkyl halides is 6. The summed E-state index contributed by atoms with van der Waals surface area (Å²) in [6, 6.07) is 9.01. The second-order valence-electron chi connectivity index (χ2n) is 7.67. The molecule has 1 aliphatic rings. The summed E-state index contributed by atoms with van der Waals surface area (Å²) in [5, 5.41) is 3.26. The quantitative estimate of drug-likeness (QED) is 0.512. The predicted molar refractivity (Wildman–Crippen MR) is 110 cm³/mol. The Morgan fingerprint density at radius 3 is 1.88 bits per heavy atom. The van der Waals surface area contributed by atoms with Crippen molar-refractivity contribution in [3.8, 4) is 5.75 Å². The molecule has 10 heteroatoms. The number of rotatable bonds is 6. The molecule has 2 aromatic carbocycles. The Morgan fingerprint density at radius 2 is 1.41 bits per heavy atom. The monoisotopic (exact) mass is 483 g/mol. The van der Waals surface area contributed by atoms with Crippen molar-refractivity contribution in [2.24, 2.45) is 0 Å². The van der Waals surface area contributed by atoms with E-state index in [1.54, 1.807) is 7.11 Å². The van der Waals surface area contributed by atoms with Gasteiger partial charge in [-0.2, -0.15) is 26.3 Å². The molecule has 0 aromatic heterocycles. The molecule has 1 N–H and O–H groups in total.